The predicted molar refractivity (Wildman–Crippen MR) is 517 cm³/mol. The second-order valence-electron chi connectivity index (χ2n) is 43.6. The highest BCUT2D eigenvalue weighted by molar-refractivity contribution is 5.86. The average Bonchev–Trinajstić information content (AvgIpc) is 1.60. The first kappa shape index (κ1) is 117. The summed E-state index contributed by atoms with van der Waals surface area (Å²) in [5.41, 5.74) is -10.3. The number of aromatic nitrogens is 8. The van der Waals surface area contributed by atoms with Gasteiger partial charge in [0.25, 0.3) is 0 Å². The van der Waals surface area contributed by atoms with E-state index in [-0.39, 0.29) is 95.0 Å². The number of nitrogens with zero attached hydrogens (tertiary/aromatic N) is 12. The first-order chi connectivity index (χ1) is 70.2. The summed E-state index contributed by atoms with van der Waals surface area (Å²) in [6, 6.07) is 13.1. The Hall–Kier alpha value is -10.5. The van der Waals surface area contributed by atoms with Crippen LogP contribution in [0, 0.1) is 52.3 Å². The molecule has 4 unspecified atom stereocenters. The van der Waals surface area contributed by atoms with Crippen molar-refractivity contribution in [2.24, 2.45) is 45.3 Å². The van der Waals surface area contributed by atoms with Gasteiger partial charge in [-0.05, 0) is 330 Å². The number of piperidine rings is 4. The number of hydrogen-bond donors (Lipinski definition) is 5. The molecule has 0 bridgehead atoms. The highest BCUT2D eigenvalue weighted by Gasteiger charge is 2.58. The standard InChI is InChI=1S/C27H32F6N4O2.2C27H32F6N4O.C27H37F3N4O/c1-24(2,39)25(6-3-22(12-25)37-7-4-18(5-8-37)19-14-34-16-35-15-19)23(38)36-13-17-9-20(26(28,29)30)11-21(10-17)27(31,32)33;1-17(2)25(7-3-22(14-25)37-9-5-19(6-10-37)23-4-8-34-16-36-23)24(38)35-15-18-11-20(26(28,29)30)13-21(12-18)27(31,32)33;1-17(2)25(6-3-23(12-25)37-7-4-19(5-8-37)20-14-34-16-35-15-20)24(38)36-13-18-9-21(26(28,29)30)11-22(10-18)27(31,32)33;1-18(2)26(25(35)31-16-21-12-19(3)13-22(14-21)27(28,29)30)8-6-23(15-26)33-11-7-24(20(4)17-33)34-10-5-9-32-34/h9-11,14-16,18,22,39H,3-8,12-13H2,1-2H3,(H,36,38);4,8,11-13,16-17,19,22H,3,5-7,9-10,14-15H2,1-2H3,(H,35,38);9-11,14-17,19,23H,3-8,12-13H2,1-2H3,(H,36,38);5,9-10,12-14,18,20,23-24H,6-8,11,15-17H2,1-4H3,(H,31,35)/t22-,25-;22-,25+;23-,25+;/m111./s1. The van der Waals surface area contributed by atoms with E-state index in [2.05, 4.69) is 101 Å². The molecule has 8 heterocycles. The Balaban J connectivity index is 0.000000167. The number of rotatable bonds is 24. The number of halogens is 21. The lowest BCUT2D eigenvalue weighted by molar-refractivity contribution is -0.147. The second-order valence-corrected chi connectivity index (χ2v) is 43.6. The second kappa shape index (κ2) is 47.2. The molecular weight excluding hydrogens is 2000 g/mol. The van der Waals surface area contributed by atoms with Gasteiger partial charge < -0.3 is 41.1 Å². The Morgan fingerprint density at radius 3 is 1.01 bits per heavy atom. The van der Waals surface area contributed by atoms with E-state index in [1.165, 1.54) is 26.5 Å². The molecule has 4 saturated heterocycles. The van der Waals surface area contributed by atoms with E-state index < -0.39 is 135 Å². The van der Waals surface area contributed by atoms with Crippen molar-refractivity contribution in [1.29, 1.82) is 0 Å². The summed E-state index contributed by atoms with van der Waals surface area (Å²) in [4.78, 5) is 88.2. The van der Waals surface area contributed by atoms with Crippen molar-refractivity contribution in [3.05, 3.63) is 231 Å². The normalized spacial score (nSPS) is 24.7. The van der Waals surface area contributed by atoms with E-state index in [0.717, 1.165) is 158 Å². The molecule has 0 radical (unpaired) electrons. The molecule has 150 heavy (non-hydrogen) atoms. The van der Waals surface area contributed by atoms with Crippen molar-refractivity contribution in [2.45, 2.75) is 314 Å². The number of carbonyl (C=O) groups excluding carboxylic acids is 4. The van der Waals surface area contributed by atoms with Crippen molar-refractivity contribution in [3.8, 4) is 0 Å². The number of likely N-dealkylation sites (tertiary alicyclic amines) is 4. The Morgan fingerprint density at radius 2 is 0.693 bits per heavy atom. The van der Waals surface area contributed by atoms with E-state index >= 15 is 0 Å². The molecular formula is C108H133F21N16O5. The molecule has 822 valence electrons. The topological polar surface area (TPSA) is 245 Å². The minimum Gasteiger partial charge on any atom is -0.389 e. The highest BCUT2D eigenvalue weighted by Crippen LogP contribution is 2.54. The van der Waals surface area contributed by atoms with E-state index in [0.29, 0.717) is 128 Å². The van der Waals surface area contributed by atoms with Crippen molar-refractivity contribution in [1.82, 2.24) is 80.6 Å². The summed E-state index contributed by atoms with van der Waals surface area (Å²) in [5.74, 6) is 0.352. The van der Waals surface area contributed by atoms with Crippen LogP contribution in [0.3, 0.4) is 0 Å². The molecule has 8 fully saturated rings. The van der Waals surface area contributed by atoms with Crippen LogP contribution in [0.5, 0.6) is 0 Å². The van der Waals surface area contributed by atoms with Crippen LogP contribution < -0.4 is 21.3 Å². The van der Waals surface area contributed by atoms with E-state index in [4.69, 9.17) is 0 Å². The quantitative estimate of drug-likeness (QED) is 0.0353. The van der Waals surface area contributed by atoms with E-state index in [1.807, 2.05) is 77.0 Å². The monoisotopic (exact) mass is 2130 g/mol. The first-order valence-corrected chi connectivity index (χ1v) is 51.3. The van der Waals surface area contributed by atoms with Crippen molar-refractivity contribution in [3.63, 3.8) is 0 Å². The van der Waals surface area contributed by atoms with Gasteiger partial charge in [-0.25, -0.2) is 29.9 Å². The van der Waals surface area contributed by atoms with Crippen molar-refractivity contribution < 1.29 is 116 Å². The fraction of sp³-hybridized carbons (Fsp3) is 0.602. The van der Waals surface area contributed by atoms with E-state index in [1.54, 1.807) is 25.5 Å². The molecule has 4 amide bonds. The maximum Gasteiger partial charge on any atom is 0.416 e. The fourth-order valence-electron chi connectivity index (χ4n) is 24.1. The zero-order chi connectivity index (χ0) is 109. The van der Waals surface area contributed by atoms with Crippen LogP contribution in [-0.4, -0.2) is 170 Å². The van der Waals surface area contributed by atoms with E-state index in [9.17, 15) is 116 Å². The minimum atomic E-state index is -4.98. The Morgan fingerprint density at radius 1 is 0.380 bits per heavy atom. The van der Waals surface area contributed by atoms with Gasteiger partial charge in [-0.1, -0.05) is 60.1 Å². The molecule has 42 heteroatoms. The summed E-state index contributed by atoms with van der Waals surface area (Å²) in [7, 11) is 0. The number of benzene rings is 4. The van der Waals surface area contributed by atoms with Gasteiger partial charge in [0.15, 0.2) is 0 Å². The number of hydrogen-bond acceptors (Lipinski definition) is 16. The Bertz CT molecular complexity index is 5530. The van der Waals surface area contributed by atoms with Gasteiger partial charge in [0, 0.05) is 118 Å². The third-order valence-electron chi connectivity index (χ3n) is 33.1. The third kappa shape index (κ3) is 28.4. The van der Waals surface area contributed by atoms with Crippen LogP contribution in [0.1, 0.15) is 292 Å². The number of amides is 4. The highest BCUT2D eigenvalue weighted by atomic mass is 19.4. The van der Waals surface area contributed by atoms with Gasteiger partial charge in [-0.2, -0.15) is 97.3 Å². The van der Waals surface area contributed by atoms with Gasteiger partial charge in [-0.15, -0.1) is 0 Å². The average molecular weight is 2130 g/mol. The van der Waals surface area contributed by atoms with Crippen LogP contribution in [0.4, 0.5) is 92.2 Å². The van der Waals surface area contributed by atoms with Crippen LogP contribution >= 0.6 is 0 Å². The first-order valence-electron chi connectivity index (χ1n) is 51.3. The van der Waals surface area contributed by atoms with Crippen molar-refractivity contribution in [2.75, 3.05) is 52.4 Å². The van der Waals surface area contributed by atoms with Crippen LogP contribution in [0.15, 0.2) is 147 Å². The lowest BCUT2D eigenvalue weighted by Crippen LogP contribution is -2.53. The van der Waals surface area contributed by atoms with Crippen LogP contribution in [0.2, 0.25) is 0 Å². The number of carbonyl (C=O) groups is 4. The number of nitrogens with one attached hydrogen (secondary N) is 4. The smallest absolute Gasteiger partial charge is 0.389 e. The molecule has 0 spiro atoms. The molecule has 16 rings (SSSR count). The summed E-state index contributed by atoms with van der Waals surface area (Å²) in [6.07, 6.45) is -2.04. The summed E-state index contributed by atoms with van der Waals surface area (Å²) in [6.45, 7) is 24.7. The van der Waals surface area contributed by atoms with Gasteiger partial charge in [0.1, 0.15) is 19.0 Å². The molecule has 4 aromatic carbocycles. The van der Waals surface area contributed by atoms with Crippen molar-refractivity contribution >= 4 is 23.6 Å². The van der Waals surface area contributed by atoms with Gasteiger partial charge in [0.2, 0.25) is 23.6 Å². The predicted octanol–water partition coefficient (Wildman–Crippen LogP) is 23.3. The molecule has 8 aliphatic rings. The van der Waals surface area contributed by atoms with Gasteiger partial charge in [-0.3, -0.25) is 28.8 Å². The zero-order valence-corrected chi connectivity index (χ0v) is 85.6. The molecule has 4 saturated carbocycles. The maximum atomic E-state index is 13.5. The summed E-state index contributed by atoms with van der Waals surface area (Å²) >= 11 is 0. The van der Waals surface area contributed by atoms with Gasteiger partial charge in [0.05, 0.1) is 72.2 Å². The molecule has 4 aromatic heterocycles. The Kier molecular flexibility index (Phi) is 36.7. The molecule has 21 nitrogen and oxygen atoms in total. The largest absolute Gasteiger partial charge is 0.416 e. The maximum absolute atomic E-state index is 13.5. The SMILES string of the molecule is CC(C)(O)[C@]1(C(=O)NCc2cc(C(F)(F)F)cc(C(F)(F)F)c2)CC[C@@H](N2CCC(c3cncnc3)CC2)C1.CC(C)[C@]1(C(=O)NCc2cc(C(F)(F)F)cc(C(F)(F)F)c2)CC[C@@H](N2CCC(c3ccncn3)CC2)C1.CC(C)[C@]1(C(=O)NCc2cc(C(F)(F)F)cc(C(F)(F)F)c2)CC[C@@H](N2CCC(c3cncnc3)CC2)C1.Cc1cc(CNC(=O)C2(C(C)C)CCC(N3CCC(n4cccn4)C(C)C3)C2)cc(C(F)(F)F)c1. The molecule has 8 aromatic rings. The lowest BCUT2D eigenvalue weighted by Gasteiger charge is -2.41. The number of aryl methyl sites for hydroxylation is 1. The van der Waals surface area contributed by atoms with Crippen LogP contribution in [-0.2, 0) is 88.6 Å². The number of alkyl halides is 21. The molecule has 10 atom stereocenters. The fourth-order valence-corrected chi connectivity index (χ4v) is 24.1. The molecule has 4 aliphatic carbocycles. The third-order valence-corrected chi connectivity index (χ3v) is 33.1. The molecule has 4 aliphatic heterocycles. The number of aliphatic hydroxyl groups is 1. The Labute approximate surface area is 859 Å². The van der Waals surface area contributed by atoms with Crippen LogP contribution in [0.25, 0.3) is 0 Å². The summed E-state index contributed by atoms with van der Waals surface area (Å²) < 4.78 is 280. The lowest BCUT2D eigenvalue weighted by atomic mass is 9.71. The zero-order valence-electron chi connectivity index (χ0n) is 85.6. The summed E-state index contributed by atoms with van der Waals surface area (Å²) in [5, 5.41) is 26.3. The van der Waals surface area contributed by atoms with Gasteiger partial charge >= 0.3 is 43.2 Å². The minimum absolute atomic E-state index is 0.0144. The molecule has 5 N–H and O–H groups in total.